The zero-order chi connectivity index (χ0) is 14.5. The Morgan fingerprint density at radius 3 is 2.95 bits per heavy atom. The van der Waals surface area contributed by atoms with E-state index in [0.29, 0.717) is 17.9 Å². The van der Waals surface area contributed by atoms with Gasteiger partial charge in [-0.25, -0.2) is 0 Å². The van der Waals surface area contributed by atoms with E-state index in [-0.39, 0.29) is 11.9 Å². The minimum Gasteiger partial charge on any atom is -0.495 e. The van der Waals surface area contributed by atoms with Crippen LogP contribution in [-0.4, -0.2) is 22.8 Å². The first-order chi connectivity index (χ1) is 9.60. The lowest BCUT2D eigenvalue weighted by molar-refractivity contribution is -0.116. The zero-order valence-electron chi connectivity index (χ0n) is 12.0. The third kappa shape index (κ3) is 3.38. The highest BCUT2D eigenvalue weighted by molar-refractivity contribution is 5.92. The van der Waals surface area contributed by atoms with Gasteiger partial charge in [0, 0.05) is 18.8 Å². The second-order valence-corrected chi connectivity index (χ2v) is 4.79. The number of rotatable bonds is 5. The van der Waals surface area contributed by atoms with Gasteiger partial charge in [0.15, 0.2) is 0 Å². The normalized spacial score (nSPS) is 11.9. The fourth-order valence-electron chi connectivity index (χ4n) is 2.02. The van der Waals surface area contributed by atoms with Gasteiger partial charge in [0.2, 0.25) is 5.91 Å². The van der Waals surface area contributed by atoms with Crippen molar-refractivity contribution in [2.45, 2.75) is 26.3 Å². The number of nitrogens with one attached hydrogen (secondary N) is 1. The van der Waals surface area contributed by atoms with Gasteiger partial charge in [-0.1, -0.05) is 6.07 Å². The molecule has 0 radical (unpaired) electrons. The lowest BCUT2D eigenvalue weighted by Gasteiger charge is -2.14. The van der Waals surface area contributed by atoms with E-state index >= 15 is 0 Å². The summed E-state index contributed by atoms with van der Waals surface area (Å²) in [5.74, 6) is 0.604. The summed E-state index contributed by atoms with van der Waals surface area (Å²) in [6.45, 7) is 3.93. The number of ether oxygens (including phenoxy) is 1. The van der Waals surface area contributed by atoms with Gasteiger partial charge in [0.25, 0.3) is 0 Å². The molecule has 1 aromatic carbocycles. The van der Waals surface area contributed by atoms with Crippen molar-refractivity contribution in [2.75, 3.05) is 12.4 Å². The molecule has 5 nitrogen and oxygen atoms in total. The van der Waals surface area contributed by atoms with Crippen molar-refractivity contribution in [1.82, 2.24) is 9.78 Å². The molecule has 0 aliphatic carbocycles. The molecule has 0 saturated carbocycles. The fourth-order valence-corrected chi connectivity index (χ4v) is 2.02. The standard InChI is InChI=1S/C15H19N3O2/c1-11-5-6-14(20-3)13(9-11)17-15(19)10-12(2)18-8-4-7-16-18/h4-9,12H,10H2,1-3H3,(H,17,19)/t12-/m1/s1. The number of aromatic nitrogens is 2. The number of carbonyl (C=O) groups is 1. The number of anilines is 1. The maximum Gasteiger partial charge on any atom is 0.226 e. The van der Waals surface area contributed by atoms with Crippen LogP contribution in [0.2, 0.25) is 0 Å². The van der Waals surface area contributed by atoms with Crippen LogP contribution in [0.1, 0.15) is 24.9 Å². The minimum atomic E-state index is -0.0584. The van der Waals surface area contributed by atoms with Gasteiger partial charge in [0.1, 0.15) is 5.75 Å². The highest BCUT2D eigenvalue weighted by Gasteiger charge is 2.13. The molecule has 0 bridgehead atoms. The Hall–Kier alpha value is -2.30. The molecule has 0 spiro atoms. The summed E-state index contributed by atoms with van der Waals surface area (Å²) in [5.41, 5.74) is 1.77. The number of methoxy groups -OCH3 is 1. The van der Waals surface area contributed by atoms with Gasteiger partial charge in [-0.05, 0) is 37.6 Å². The van der Waals surface area contributed by atoms with Crippen LogP contribution in [0.3, 0.4) is 0 Å². The number of nitrogens with zero attached hydrogens (tertiary/aromatic N) is 2. The second-order valence-electron chi connectivity index (χ2n) is 4.79. The largest absolute Gasteiger partial charge is 0.495 e. The highest BCUT2D eigenvalue weighted by atomic mass is 16.5. The number of carbonyl (C=O) groups excluding carboxylic acids is 1. The Labute approximate surface area is 118 Å². The van der Waals surface area contributed by atoms with Crippen LogP contribution >= 0.6 is 0 Å². The molecule has 1 heterocycles. The number of benzene rings is 1. The number of aryl methyl sites for hydroxylation is 1. The first-order valence-corrected chi connectivity index (χ1v) is 6.53. The summed E-state index contributed by atoms with van der Waals surface area (Å²) in [5, 5.41) is 7.03. The maximum absolute atomic E-state index is 12.1. The predicted molar refractivity (Wildman–Crippen MR) is 77.9 cm³/mol. The predicted octanol–water partition coefficient (Wildman–Crippen LogP) is 2.79. The molecule has 1 atom stereocenters. The van der Waals surface area contributed by atoms with Crippen molar-refractivity contribution in [3.05, 3.63) is 42.2 Å². The van der Waals surface area contributed by atoms with Crippen LogP contribution in [0.15, 0.2) is 36.7 Å². The summed E-state index contributed by atoms with van der Waals surface area (Å²) in [6, 6.07) is 7.55. The molecule has 2 rings (SSSR count). The van der Waals surface area contributed by atoms with E-state index in [1.165, 1.54) is 0 Å². The Kier molecular flexibility index (Phi) is 4.40. The Morgan fingerprint density at radius 2 is 2.30 bits per heavy atom. The Bertz CT molecular complexity index is 579. The molecule has 0 saturated heterocycles. The summed E-state index contributed by atoms with van der Waals surface area (Å²) in [4.78, 5) is 12.1. The van der Waals surface area contributed by atoms with Crippen molar-refractivity contribution in [1.29, 1.82) is 0 Å². The van der Waals surface area contributed by atoms with Crippen LogP contribution in [0.25, 0.3) is 0 Å². The third-order valence-corrected chi connectivity index (χ3v) is 3.09. The average Bonchev–Trinajstić information content (AvgIpc) is 2.92. The van der Waals surface area contributed by atoms with E-state index in [9.17, 15) is 4.79 Å². The van der Waals surface area contributed by atoms with Crippen molar-refractivity contribution in [3.63, 3.8) is 0 Å². The zero-order valence-corrected chi connectivity index (χ0v) is 12.0. The van der Waals surface area contributed by atoms with Gasteiger partial charge in [-0.3, -0.25) is 9.48 Å². The molecule has 1 N–H and O–H groups in total. The van der Waals surface area contributed by atoms with Crippen molar-refractivity contribution in [2.24, 2.45) is 0 Å². The first-order valence-electron chi connectivity index (χ1n) is 6.53. The van der Waals surface area contributed by atoms with Crippen LogP contribution in [-0.2, 0) is 4.79 Å². The molecule has 1 amide bonds. The lowest BCUT2D eigenvalue weighted by atomic mass is 10.2. The molecule has 5 heteroatoms. The molecule has 20 heavy (non-hydrogen) atoms. The van der Waals surface area contributed by atoms with Crippen LogP contribution in [0.4, 0.5) is 5.69 Å². The van der Waals surface area contributed by atoms with E-state index in [1.807, 2.05) is 44.3 Å². The first kappa shape index (κ1) is 14.1. The Balaban J connectivity index is 2.03. The molecule has 0 fully saturated rings. The molecule has 0 aliphatic heterocycles. The van der Waals surface area contributed by atoms with Gasteiger partial charge in [-0.15, -0.1) is 0 Å². The van der Waals surface area contributed by atoms with E-state index in [2.05, 4.69) is 10.4 Å². The highest BCUT2D eigenvalue weighted by Crippen LogP contribution is 2.25. The second kappa shape index (κ2) is 6.23. The molecule has 106 valence electrons. The van der Waals surface area contributed by atoms with Gasteiger partial charge >= 0.3 is 0 Å². The lowest BCUT2D eigenvalue weighted by Crippen LogP contribution is -2.18. The third-order valence-electron chi connectivity index (χ3n) is 3.09. The average molecular weight is 273 g/mol. The topological polar surface area (TPSA) is 56.1 Å². The van der Waals surface area contributed by atoms with E-state index < -0.39 is 0 Å². The van der Waals surface area contributed by atoms with E-state index in [0.717, 1.165) is 5.56 Å². The van der Waals surface area contributed by atoms with Gasteiger partial charge in [0.05, 0.1) is 18.8 Å². The molecule has 0 aliphatic rings. The van der Waals surface area contributed by atoms with Crippen LogP contribution in [0.5, 0.6) is 5.75 Å². The SMILES string of the molecule is COc1ccc(C)cc1NC(=O)C[C@@H](C)n1cccn1. The molecule has 0 unspecified atom stereocenters. The molecule has 2 aromatic rings. The fraction of sp³-hybridized carbons (Fsp3) is 0.333. The smallest absolute Gasteiger partial charge is 0.226 e. The summed E-state index contributed by atoms with van der Waals surface area (Å²) < 4.78 is 7.02. The summed E-state index contributed by atoms with van der Waals surface area (Å²) >= 11 is 0. The van der Waals surface area contributed by atoms with E-state index in [1.54, 1.807) is 18.0 Å². The number of amides is 1. The quantitative estimate of drug-likeness (QED) is 0.911. The monoisotopic (exact) mass is 273 g/mol. The van der Waals surface area contributed by atoms with E-state index in [4.69, 9.17) is 4.74 Å². The van der Waals surface area contributed by atoms with Crippen molar-refractivity contribution < 1.29 is 9.53 Å². The number of hydrogen-bond donors (Lipinski definition) is 1. The molecular formula is C15H19N3O2. The maximum atomic E-state index is 12.1. The summed E-state index contributed by atoms with van der Waals surface area (Å²) in [6.07, 6.45) is 3.92. The van der Waals surface area contributed by atoms with Crippen LogP contribution in [0, 0.1) is 6.92 Å². The molecule has 1 aromatic heterocycles. The number of hydrogen-bond acceptors (Lipinski definition) is 3. The van der Waals surface area contributed by atoms with Crippen LogP contribution < -0.4 is 10.1 Å². The van der Waals surface area contributed by atoms with Crippen molar-refractivity contribution in [3.8, 4) is 5.75 Å². The minimum absolute atomic E-state index is 0.0146. The van der Waals surface area contributed by atoms with Crippen molar-refractivity contribution >= 4 is 11.6 Å². The summed E-state index contributed by atoms with van der Waals surface area (Å²) in [7, 11) is 1.59. The molecular weight excluding hydrogens is 254 g/mol. The Morgan fingerprint density at radius 1 is 1.50 bits per heavy atom. The van der Waals surface area contributed by atoms with Gasteiger partial charge in [-0.2, -0.15) is 5.10 Å². The van der Waals surface area contributed by atoms with Gasteiger partial charge < -0.3 is 10.1 Å².